The van der Waals surface area contributed by atoms with E-state index in [1.54, 1.807) is 0 Å². The van der Waals surface area contributed by atoms with Gasteiger partial charge in [-0.25, -0.2) is 0 Å². The van der Waals surface area contributed by atoms with E-state index in [4.69, 9.17) is 0 Å². The van der Waals surface area contributed by atoms with Gasteiger partial charge in [-0.2, -0.15) is 0 Å². The summed E-state index contributed by atoms with van der Waals surface area (Å²) < 4.78 is 0. The lowest BCUT2D eigenvalue weighted by atomic mass is 10.1. The molecule has 0 aliphatic heterocycles. The minimum absolute atomic E-state index is 0.0538. The Morgan fingerprint density at radius 2 is 1.94 bits per heavy atom. The molecule has 3 N–H and O–H groups in total. The number of nitrogens with one attached hydrogen (secondary N) is 1. The van der Waals surface area contributed by atoms with Crippen molar-refractivity contribution in [3.8, 4) is 11.5 Å². The number of benzene rings is 1. The summed E-state index contributed by atoms with van der Waals surface area (Å²) >= 11 is 6.62. The Labute approximate surface area is 116 Å². The lowest BCUT2D eigenvalue weighted by Gasteiger charge is -2.26. The third-order valence-electron chi connectivity index (χ3n) is 2.26. The van der Waals surface area contributed by atoms with Crippen LogP contribution in [0.25, 0.3) is 0 Å². The molecule has 0 saturated heterocycles. The van der Waals surface area contributed by atoms with E-state index in [1.165, 1.54) is 18.2 Å². The molecule has 0 aliphatic carbocycles. The summed E-state index contributed by atoms with van der Waals surface area (Å²) in [6, 6.07) is 4.27. The number of halogens is 2. The minimum Gasteiger partial charge on any atom is -0.504 e. The lowest BCUT2D eigenvalue weighted by Crippen LogP contribution is -2.48. The SMILES string of the molecule is CC(CBr)(CBr)NC(=O)c1cccc(O)c1O. The molecule has 0 atom stereocenters. The molecule has 0 radical (unpaired) electrons. The van der Waals surface area contributed by atoms with Gasteiger partial charge in [-0.15, -0.1) is 0 Å². The molecule has 0 heterocycles. The highest BCUT2D eigenvalue weighted by molar-refractivity contribution is 9.09. The molecule has 1 rings (SSSR count). The van der Waals surface area contributed by atoms with Crippen LogP contribution in [0.3, 0.4) is 0 Å². The number of phenols is 2. The van der Waals surface area contributed by atoms with Gasteiger partial charge in [0, 0.05) is 10.7 Å². The van der Waals surface area contributed by atoms with Gasteiger partial charge in [0.05, 0.1) is 11.1 Å². The highest BCUT2D eigenvalue weighted by Crippen LogP contribution is 2.28. The number of alkyl halides is 2. The second-order valence-electron chi connectivity index (χ2n) is 3.96. The highest BCUT2D eigenvalue weighted by Gasteiger charge is 2.25. The van der Waals surface area contributed by atoms with Crippen LogP contribution >= 0.6 is 31.9 Å². The molecule has 1 aromatic carbocycles. The summed E-state index contributed by atoms with van der Waals surface area (Å²) in [5, 5.41) is 22.8. The Balaban J connectivity index is 2.94. The quantitative estimate of drug-likeness (QED) is 0.566. The zero-order chi connectivity index (χ0) is 13.1. The van der Waals surface area contributed by atoms with Gasteiger partial charge in [0.15, 0.2) is 11.5 Å². The van der Waals surface area contributed by atoms with Gasteiger partial charge < -0.3 is 15.5 Å². The van der Waals surface area contributed by atoms with Gasteiger partial charge in [-0.3, -0.25) is 4.79 Å². The van der Waals surface area contributed by atoms with Gasteiger partial charge in [-0.05, 0) is 19.1 Å². The molecule has 0 unspecified atom stereocenters. The number of phenolic OH excluding ortho intramolecular Hbond substituents is 2. The molecule has 17 heavy (non-hydrogen) atoms. The van der Waals surface area contributed by atoms with Crippen LogP contribution in [0.1, 0.15) is 17.3 Å². The summed E-state index contributed by atoms with van der Waals surface area (Å²) in [6.07, 6.45) is 0. The van der Waals surface area contributed by atoms with Crippen molar-refractivity contribution < 1.29 is 15.0 Å². The summed E-state index contributed by atoms with van der Waals surface area (Å²) in [6.45, 7) is 1.86. The molecule has 0 aliphatic rings. The Kier molecular flexibility index (Phi) is 4.82. The Morgan fingerprint density at radius 3 is 2.47 bits per heavy atom. The van der Waals surface area contributed by atoms with Crippen molar-refractivity contribution in [1.82, 2.24) is 5.32 Å². The maximum absolute atomic E-state index is 11.9. The van der Waals surface area contributed by atoms with Crippen LogP contribution in [0.5, 0.6) is 11.5 Å². The first-order valence-electron chi connectivity index (χ1n) is 4.89. The van der Waals surface area contributed by atoms with E-state index in [9.17, 15) is 15.0 Å². The highest BCUT2D eigenvalue weighted by atomic mass is 79.9. The predicted molar refractivity (Wildman–Crippen MR) is 73.2 cm³/mol. The van der Waals surface area contributed by atoms with E-state index in [2.05, 4.69) is 37.2 Å². The van der Waals surface area contributed by atoms with E-state index < -0.39 is 17.2 Å². The number of hydrogen-bond donors (Lipinski definition) is 3. The number of amides is 1. The largest absolute Gasteiger partial charge is 0.504 e. The molecule has 6 heteroatoms. The molecule has 1 aromatic rings. The monoisotopic (exact) mass is 365 g/mol. The van der Waals surface area contributed by atoms with E-state index >= 15 is 0 Å². The standard InChI is InChI=1S/C11H13Br2NO3/c1-11(5-12,6-13)14-10(17)7-3-2-4-8(15)9(7)16/h2-4,15-16H,5-6H2,1H3,(H,14,17). The molecule has 0 spiro atoms. The number of hydrogen-bond acceptors (Lipinski definition) is 3. The first-order chi connectivity index (χ1) is 7.93. The summed E-state index contributed by atoms with van der Waals surface area (Å²) in [4.78, 5) is 11.9. The van der Waals surface area contributed by atoms with E-state index in [0.29, 0.717) is 10.7 Å². The van der Waals surface area contributed by atoms with Gasteiger partial charge in [-0.1, -0.05) is 37.9 Å². The van der Waals surface area contributed by atoms with E-state index in [-0.39, 0.29) is 11.3 Å². The Bertz CT molecular complexity index is 419. The van der Waals surface area contributed by atoms with Crippen molar-refractivity contribution in [1.29, 1.82) is 0 Å². The van der Waals surface area contributed by atoms with Crippen LogP contribution in [0, 0.1) is 0 Å². The molecular weight excluding hydrogens is 354 g/mol. The first-order valence-corrected chi connectivity index (χ1v) is 7.13. The van der Waals surface area contributed by atoms with Crippen LogP contribution < -0.4 is 5.32 Å². The number of carbonyl (C=O) groups is 1. The van der Waals surface area contributed by atoms with Crippen molar-refractivity contribution in [3.63, 3.8) is 0 Å². The van der Waals surface area contributed by atoms with Crippen molar-refractivity contribution >= 4 is 37.8 Å². The number of rotatable bonds is 4. The molecule has 0 aromatic heterocycles. The molecular formula is C11H13Br2NO3. The van der Waals surface area contributed by atoms with E-state index in [1.807, 2.05) is 6.92 Å². The van der Waals surface area contributed by atoms with Crippen molar-refractivity contribution in [2.45, 2.75) is 12.5 Å². The van der Waals surface area contributed by atoms with Crippen LogP contribution in [-0.4, -0.2) is 32.3 Å². The van der Waals surface area contributed by atoms with Crippen LogP contribution in [-0.2, 0) is 0 Å². The van der Waals surface area contributed by atoms with Gasteiger partial charge in [0.25, 0.3) is 5.91 Å². The molecule has 0 bridgehead atoms. The Hall–Kier alpha value is -0.750. The average Bonchev–Trinajstić information content (AvgIpc) is 2.32. The van der Waals surface area contributed by atoms with Gasteiger partial charge in [0.2, 0.25) is 0 Å². The van der Waals surface area contributed by atoms with Crippen LogP contribution in [0.4, 0.5) is 0 Å². The Morgan fingerprint density at radius 1 is 1.35 bits per heavy atom. The molecule has 0 saturated carbocycles. The minimum atomic E-state index is -0.463. The van der Waals surface area contributed by atoms with Gasteiger partial charge in [0.1, 0.15) is 0 Å². The molecule has 0 fully saturated rings. The fraction of sp³-hybridized carbons (Fsp3) is 0.364. The summed E-state index contributed by atoms with van der Waals surface area (Å²) in [7, 11) is 0. The van der Waals surface area contributed by atoms with Crippen LogP contribution in [0.15, 0.2) is 18.2 Å². The fourth-order valence-corrected chi connectivity index (χ4v) is 2.37. The normalized spacial score (nSPS) is 11.2. The second kappa shape index (κ2) is 5.73. The molecule has 94 valence electrons. The van der Waals surface area contributed by atoms with Crippen molar-refractivity contribution in [2.75, 3.05) is 10.7 Å². The van der Waals surface area contributed by atoms with Crippen LogP contribution in [0.2, 0.25) is 0 Å². The number of para-hydroxylation sites is 1. The maximum Gasteiger partial charge on any atom is 0.255 e. The van der Waals surface area contributed by atoms with Gasteiger partial charge >= 0.3 is 0 Å². The first kappa shape index (κ1) is 14.3. The summed E-state index contributed by atoms with van der Waals surface area (Å²) in [5.74, 6) is -1.15. The number of carbonyl (C=O) groups excluding carboxylic acids is 1. The fourth-order valence-electron chi connectivity index (χ4n) is 1.16. The maximum atomic E-state index is 11.9. The topological polar surface area (TPSA) is 69.6 Å². The zero-order valence-electron chi connectivity index (χ0n) is 9.20. The molecule has 4 nitrogen and oxygen atoms in total. The smallest absolute Gasteiger partial charge is 0.255 e. The lowest BCUT2D eigenvalue weighted by molar-refractivity contribution is 0.0919. The third-order valence-corrected chi connectivity index (χ3v) is 4.74. The third kappa shape index (κ3) is 3.35. The van der Waals surface area contributed by atoms with E-state index in [0.717, 1.165) is 0 Å². The molecule has 1 amide bonds. The summed E-state index contributed by atoms with van der Waals surface area (Å²) in [5.41, 5.74) is -0.409. The average molecular weight is 367 g/mol. The predicted octanol–water partition coefficient (Wildman–Crippen LogP) is 2.38. The number of aromatic hydroxyl groups is 2. The van der Waals surface area contributed by atoms with Crippen molar-refractivity contribution in [3.05, 3.63) is 23.8 Å². The second-order valence-corrected chi connectivity index (χ2v) is 5.08. The zero-order valence-corrected chi connectivity index (χ0v) is 12.4. The van der Waals surface area contributed by atoms with Crippen molar-refractivity contribution in [2.24, 2.45) is 0 Å².